The molecule has 0 radical (unpaired) electrons. The largest absolute Gasteiger partial charge is 0.355 e. The minimum Gasteiger partial charge on any atom is -0.348 e. The maximum Gasteiger partial charge on any atom is 0.355 e. The third-order valence-electron chi connectivity index (χ3n) is 3.89. The Kier molecular flexibility index (Phi) is 4.71. The Bertz CT molecular complexity index is 702. The summed E-state index contributed by atoms with van der Waals surface area (Å²) in [4.78, 5) is 23.4. The fraction of sp³-hybridized carbons (Fsp3) is 0.333. The van der Waals surface area contributed by atoms with Gasteiger partial charge in [-0.2, -0.15) is 0 Å². The molecule has 1 aromatic carbocycles. The highest BCUT2D eigenvalue weighted by molar-refractivity contribution is 5.71. The number of hydrazine groups is 1. The number of hydrogen-bond acceptors (Lipinski definition) is 8. The minimum absolute atomic E-state index is 0.120. The molecule has 0 spiro atoms. The van der Waals surface area contributed by atoms with Crippen LogP contribution in [0.1, 0.15) is 0 Å². The molecule has 1 aliphatic heterocycles. The average Bonchev–Trinajstić information content (AvgIpc) is 2.61. The summed E-state index contributed by atoms with van der Waals surface area (Å²) in [5, 5.41) is 11.6. The number of para-hydroxylation sites is 1. The summed E-state index contributed by atoms with van der Waals surface area (Å²) in [6.07, 6.45) is 1.34. The summed E-state index contributed by atoms with van der Waals surface area (Å²) in [7, 11) is 2.03. The smallest absolute Gasteiger partial charge is 0.348 e. The molecule has 0 aliphatic carbocycles. The molecule has 24 heavy (non-hydrogen) atoms. The molecule has 0 saturated carbocycles. The predicted molar refractivity (Wildman–Crippen MR) is 92.1 cm³/mol. The first-order valence-corrected chi connectivity index (χ1v) is 7.65. The van der Waals surface area contributed by atoms with Gasteiger partial charge in [-0.25, -0.2) is 9.97 Å². The van der Waals surface area contributed by atoms with Gasteiger partial charge < -0.3 is 9.80 Å². The Labute approximate surface area is 139 Å². The summed E-state index contributed by atoms with van der Waals surface area (Å²) < 4.78 is 0. The first-order valence-electron chi connectivity index (χ1n) is 7.65. The summed E-state index contributed by atoms with van der Waals surface area (Å²) in [5.41, 5.74) is 6.41. The van der Waals surface area contributed by atoms with Crippen LogP contribution in [-0.2, 0) is 0 Å². The standard InChI is InChI=1S/C15H19N7O2/c1-20-7-9-21(10-8-20)15-13(22(23)24)14(16-11-17-15)19-18-12-5-3-2-4-6-12/h2-6,11,18H,7-10H2,1H3,(H,16,17,19). The van der Waals surface area contributed by atoms with Crippen LogP contribution in [0.15, 0.2) is 36.7 Å². The van der Waals surface area contributed by atoms with Gasteiger partial charge in [-0.15, -0.1) is 0 Å². The highest BCUT2D eigenvalue weighted by Crippen LogP contribution is 2.32. The topological polar surface area (TPSA) is 99.5 Å². The molecule has 1 aliphatic rings. The first kappa shape index (κ1) is 15.9. The molecule has 0 amide bonds. The van der Waals surface area contributed by atoms with Crippen molar-refractivity contribution in [3.8, 4) is 0 Å². The van der Waals surface area contributed by atoms with Gasteiger partial charge in [-0.05, 0) is 19.2 Å². The zero-order valence-electron chi connectivity index (χ0n) is 13.3. The Balaban J connectivity index is 1.84. The SMILES string of the molecule is CN1CCN(c2ncnc(NNc3ccccc3)c2[N+](=O)[O-])CC1. The van der Waals surface area contributed by atoms with Crippen molar-refractivity contribution in [2.75, 3.05) is 49.0 Å². The molecule has 126 valence electrons. The number of benzene rings is 1. The number of nitrogens with one attached hydrogen (secondary N) is 2. The lowest BCUT2D eigenvalue weighted by Gasteiger charge is -2.32. The molecule has 1 saturated heterocycles. The first-order chi connectivity index (χ1) is 11.6. The number of piperazine rings is 1. The summed E-state index contributed by atoms with van der Waals surface area (Å²) in [6, 6.07) is 9.33. The molecule has 9 nitrogen and oxygen atoms in total. The zero-order valence-corrected chi connectivity index (χ0v) is 13.3. The Hall–Kier alpha value is -2.94. The van der Waals surface area contributed by atoms with E-state index in [1.54, 1.807) is 0 Å². The van der Waals surface area contributed by atoms with Crippen molar-refractivity contribution in [3.63, 3.8) is 0 Å². The van der Waals surface area contributed by atoms with Crippen LogP contribution in [-0.4, -0.2) is 53.0 Å². The van der Waals surface area contributed by atoms with Crippen LogP contribution in [0.4, 0.5) is 23.0 Å². The van der Waals surface area contributed by atoms with E-state index < -0.39 is 4.92 Å². The molecule has 2 heterocycles. The van der Waals surface area contributed by atoms with Gasteiger partial charge in [0.2, 0.25) is 11.6 Å². The van der Waals surface area contributed by atoms with Crippen LogP contribution in [0.5, 0.6) is 0 Å². The van der Waals surface area contributed by atoms with Crippen LogP contribution in [0.25, 0.3) is 0 Å². The van der Waals surface area contributed by atoms with Gasteiger partial charge in [0.25, 0.3) is 0 Å². The molecule has 0 unspecified atom stereocenters. The summed E-state index contributed by atoms with van der Waals surface area (Å²) in [5.74, 6) is 0.494. The van der Waals surface area contributed by atoms with E-state index in [9.17, 15) is 10.1 Å². The Morgan fingerprint density at radius 2 is 1.79 bits per heavy atom. The maximum atomic E-state index is 11.6. The molecule has 9 heteroatoms. The van der Waals surface area contributed by atoms with Crippen LogP contribution in [0.2, 0.25) is 0 Å². The maximum absolute atomic E-state index is 11.6. The van der Waals surface area contributed by atoms with Gasteiger partial charge in [0, 0.05) is 26.2 Å². The molecule has 2 N–H and O–H groups in total. The summed E-state index contributed by atoms with van der Waals surface area (Å²) in [6.45, 7) is 3.07. The number of aromatic nitrogens is 2. The van der Waals surface area contributed by atoms with E-state index in [0.29, 0.717) is 18.9 Å². The molecular formula is C15H19N7O2. The second-order valence-corrected chi connectivity index (χ2v) is 5.56. The van der Waals surface area contributed by atoms with Gasteiger partial charge >= 0.3 is 5.69 Å². The van der Waals surface area contributed by atoms with Gasteiger partial charge in [-0.3, -0.25) is 21.0 Å². The van der Waals surface area contributed by atoms with E-state index >= 15 is 0 Å². The Morgan fingerprint density at radius 3 is 2.46 bits per heavy atom. The predicted octanol–water partition coefficient (Wildman–Crippen LogP) is 1.58. The molecule has 3 rings (SSSR count). The Morgan fingerprint density at radius 1 is 1.08 bits per heavy atom. The van der Waals surface area contributed by atoms with E-state index in [-0.39, 0.29) is 11.5 Å². The van der Waals surface area contributed by atoms with E-state index in [4.69, 9.17) is 0 Å². The summed E-state index contributed by atoms with van der Waals surface area (Å²) >= 11 is 0. The third kappa shape index (κ3) is 3.51. The van der Waals surface area contributed by atoms with E-state index in [1.165, 1.54) is 6.33 Å². The van der Waals surface area contributed by atoms with Crippen molar-refractivity contribution in [2.45, 2.75) is 0 Å². The number of nitro groups is 1. The van der Waals surface area contributed by atoms with Gasteiger partial charge in [0.1, 0.15) is 6.33 Å². The van der Waals surface area contributed by atoms with Crippen LogP contribution >= 0.6 is 0 Å². The third-order valence-corrected chi connectivity index (χ3v) is 3.89. The number of likely N-dealkylation sites (N-methyl/N-ethyl adjacent to an activating group) is 1. The van der Waals surface area contributed by atoms with Gasteiger partial charge in [0.15, 0.2) is 0 Å². The average molecular weight is 329 g/mol. The van der Waals surface area contributed by atoms with Gasteiger partial charge in [-0.1, -0.05) is 18.2 Å². The van der Waals surface area contributed by atoms with Crippen LogP contribution in [0, 0.1) is 10.1 Å². The fourth-order valence-electron chi connectivity index (χ4n) is 2.53. The van der Waals surface area contributed by atoms with E-state index in [2.05, 4.69) is 25.7 Å². The normalized spacial score (nSPS) is 15.1. The van der Waals surface area contributed by atoms with Crippen molar-refractivity contribution >= 4 is 23.0 Å². The van der Waals surface area contributed by atoms with Crippen molar-refractivity contribution in [1.82, 2.24) is 14.9 Å². The lowest BCUT2D eigenvalue weighted by Crippen LogP contribution is -2.45. The number of rotatable bonds is 5. The molecule has 2 aromatic rings. The molecule has 0 atom stereocenters. The number of hydrogen-bond donors (Lipinski definition) is 2. The quantitative estimate of drug-likeness (QED) is 0.630. The van der Waals surface area contributed by atoms with Crippen LogP contribution < -0.4 is 15.8 Å². The lowest BCUT2D eigenvalue weighted by molar-refractivity contribution is -0.383. The van der Waals surface area contributed by atoms with Crippen LogP contribution in [0.3, 0.4) is 0 Å². The second-order valence-electron chi connectivity index (χ2n) is 5.56. The minimum atomic E-state index is -0.442. The van der Waals surface area contributed by atoms with Crippen molar-refractivity contribution in [1.29, 1.82) is 0 Å². The molecule has 0 bridgehead atoms. The van der Waals surface area contributed by atoms with Crippen molar-refractivity contribution in [3.05, 3.63) is 46.8 Å². The molecule has 1 aromatic heterocycles. The van der Waals surface area contributed by atoms with E-state index in [0.717, 1.165) is 18.8 Å². The highest BCUT2D eigenvalue weighted by atomic mass is 16.6. The number of nitrogens with zero attached hydrogens (tertiary/aromatic N) is 5. The van der Waals surface area contributed by atoms with E-state index in [1.807, 2.05) is 42.3 Å². The second kappa shape index (κ2) is 7.09. The van der Waals surface area contributed by atoms with Crippen molar-refractivity contribution in [2.24, 2.45) is 0 Å². The van der Waals surface area contributed by atoms with Crippen molar-refractivity contribution < 1.29 is 4.92 Å². The van der Waals surface area contributed by atoms with Gasteiger partial charge in [0.05, 0.1) is 10.6 Å². The lowest BCUT2D eigenvalue weighted by atomic mass is 10.3. The fourth-order valence-corrected chi connectivity index (χ4v) is 2.53. The number of anilines is 3. The highest BCUT2D eigenvalue weighted by Gasteiger charge is 2.28. The molecular weight excluding hydrogens is 310 g/mol. The molecule has 1 fully saturated rings. The monoisotopic (exact) mass is 329 g/mol. The zero-order chi connectivity index (χ0) is 16.9.